The molecule has 0 saturated heterocycles. The number of pyridine rings is 1. The maximum Gasteiger partial charge on any atom is 0.119 e. The highest BCUT2D eigenvalue weighted by atomic mass is 16.5. The molecular weight excluding hydrogens is 366 g/mol. The van der Waals surface area contributed by atoms with E-state index in [1.807, 2.05) is 54.6 Å². The molecule has 0 aliphatic rings. The zero-order valence-electron chi connectivity index (χ0n) is 17.4. The summed E-state index contributed by atoms with van der Waals surface area (Å²) in [4.78, 5) is 4.93. The number of hydrogen-bond donors (Lipinski definition) is 0. The van der Waals surface area contributed by atoms with Gasteiger partial charge < -0.3 is 18.9 Å². The summed E-state index contributed by atoms with van der Waals surface area (Å²) in [5.74, 6) is 1.63. The maximum absolute atomic E-state index is 5.76. The fourth-order valence-electron chi connectivity index (χ4n) is 3.18. The van der Waals surface area contributed by atoms with Crippen molar-refractivity contribution in [1.82, 2.24) is 4.98 Å². The molecule has 0 spiro atoms. The van der Waals surface area contributed by atoms with Crippen LogP contribution in [0.4, 0.5) is 0 Å². The molecule has 2 aromatic carbocycles. The third kappa shape index (κ3) is 5.13. The molecule has 0 saturated carbocycles. The van der Waals surface area contributed by atoms with Crippen LogP contribution in [0.15, 0.2) is 54.6 Å². The first-order valence-electron chi connectivity index (χ1n) is 9.52. The summed E-state index contributed by atoms with van der Waals surface area (Å²) in [5.41, 5.74) is 6.06. The van der Waals surface area contributed by atoms with Crippen molar-refractivity contribution in [2.45, 2.75) is 13.5 Å². The third-order valence-electron chi connectivity index (χ3n) is 4.74. The van der Waals surface area contributed by atoms with E-state index in [0.717, 1.165) is 45.1 Å². The number of aryl methyl sites for hydroxylation is 1. The van der Waals surface area contributed by atoms with Gasteiger partial charge in [-0.25, -0.2) is 4.98 Å². The molecule has 29 heavy (non-hydrogen) atoms. The molecule has 0 radical (unpaired) electrons. The Kier molecular flexibility index (Phi) is 7.22. The van der Waals surface area contributed by atoms with Gasteiger partial charge >= 0.3 is 0 Å². The van der Waals surface area contributed by atoms with Gasteiger partial charge in [-0.1, -0.05) is 6.07 Å². The molecule has 0 fully saturated rings. The van der Waals surface area contributed by atoms with Crippen LogP contribution in [-0.2, 0) is 16.1 Å². The molecule has 0 atom stereocenters. The van der Waals surface area contributed by atoms with Crippen LogP contribution in [0.5, 0.6) is 11.5 Å². The number of benzene rings is 2. The topological polar surface area (TPSA) is 49.8 Å². The maximum atomic E-state index is 5.76. The van der Waals surface area contributed by atoms with Crippen LogP contribution in [-0.4, -0.2) is 39.5 Å². The number of aromatic nitrogens is 1. The summed E-state index contributed by atoms with van der Waals surface area (Å²) in [6.45, 7) is 3.62. The summed E-state index contributed by atoms with van der Waals surface area (Å²) in [5, 5.41) is 0. The van der Waals surface area contributed by atoms with Crippen molar-refractivity contribution in [3.63, 3.8) is 0 Å². The van der Waals surface area contributed by atoms with Crippen LogP contribution >= 0.6 is 0 Å². The van der Waals surface area contributed by atoms with Gasteiger partial charge in [0.15, 0.2) is 0 Å². The zero-order chi connectivity index (χ0) is 20.6. The minimum absolute atomic E-state index is 0.462. The predicted octanol–water partition coefficient (Wildman–Crippen LogP) is 4.90. The molecule has 3 aromatic rings. The highest BCUT2D eigenvalue weighted by molar-refractivity contribution is 5.71. The zero-order valence-corrected chi connectivity index (χ0v) is 17.4. The average Bonchev–Trinajstić information content (AvgIpc) is 2.76. The number of nitrogens with zero attached hydrogens (tertiary/aromatic N) is 1. The highest BCUT2D eigenvalue weighted by Crippen LogP contribution is 2.30. The lowest BCUT2D eigenvalue weighted by Gasteiger charge is -2.13. The van der Waals surface area contributed by atoms with Gasteiger partial charge in [0.25, 0.3) is 0 Å². The monoisotopic (exact) mass is 393 g/mol. The predicted molar refractivity (Wildman–Crippen MR) is 114 cm³/mol. The molecule has 0 amide bonds. The normalized spacial score (nSPS) is 10.8. The third-order valence-corrected chi connectivity index (χ3v) is 4.74. The fourth-order valence-corrected chi connectivity index (χ4v) is 3.18. The average molecular weight is 393 g/mol. The van der Waals surface area contributed by atoms with Gasteiger partial charge in [0.1, 0.15) is 11.5 Å². The second-order valence-electron chi connectivity index (χ2n) is 6.66. The molecular formula is C24H27NO4. The van der Waals surface area contributed by atoms with Gasteiger partial charge in [-0.3, -0.25) is 0 Å². The van der Waals surface area contributed by atoms with Crippen molar-refractivity contribution in [2.24, 2.45) is 0 Å². The Hall–Kier alpha value is -2.89. The van der Waals surface area contributed by atoms with Gasteiger partial charge in [0, 0.05) is 18.2 Å². The Morgan fingerprint density at radius 3 is 2.07 bits per heavy atom. The minimum Gasteiger partial charge on any atom is -0.497 e. The SMILES string of the molecule is COCCOCc1cc(OC)ccc1-c1cccc(-c2ccc(OC)cc2C)n1. The van der Waals surface area contributed by atoms with Crippen LogP contribution in [0.3, 0.4) is 0 Å². The van der Waals surface area contributed by atoms with Crippen LogP contribution in [0.1, 0.15) is 11.1 Å². The molecule has 0 aliphatic heterocycles. The highest BCUT2D eigenvalue weighted by Gasteiger charge is 2.11. The van der Waals surface area contributed by atoms with Crippen molar-refractivity contribution >= 4 is 0 Å². The van der Waals surface area contributed by atoms with E-state index in [-0.39, 0.29) is 0 Å². The number of ether oxygens (including phenoxy) is 4. The van der Waals surface area contributed by atoms with Gasteiger partial charge in [-0.15, -0.1) is 0 Å². The van der Waals surface area contributed by atoms with Gasteiger partial charge in [0.05, 0.1) is 45.4 Å². The van der Waals surface area contributed by atoms with Crippen molar-refractivity contribution in [2.75, 3.05) is 34.5 Å². The molecule has 3 rings (SSSR count). The lowest BCUT2D eigenvalue weighted by molar-refractivity contribution is 0.0618. The van der Waals surface area contributed by atoms with E-state index in [9.17, 15) is 0 Å². The van der Waals surface area contributed by atoms with Gasteiger partial charge in [0.2, 0.25) is 0 Å². The van der Waals surface area contributed by atoms with Crippen LogP contribution in [0.2, 0.25) is 0 Å². The summed E-state index contributed by atoms with van der Waals surface area (Å²) in [6, 6.07) is 18.1. The first kappa shape index (κ1) is 20.8. The Labute approximate surface area is 172 Å². The van der Waals surface area contributed by atoms with Gasteiger partial charge in [-0.2, -0.15) is 0 Å². The van der Waals surface area contributed by atoms with Crippen molar-refractivity contribution in [1.29, 1.82) is 0 Å². The Morgan fingerprint density at radius 1 is 0.759 bits per heavy atom. The van der Waals surface area contributed by atoms with E-state index in [1.54, 1.807) is 21.3 Å². The quantitative estimate of drug-likeness (QED) is 0.484. The van der Waals surface area contributed by atoms with E-state index in [4.69, 9.17) is 23.9 Å². The second-order valence-corrected chi connectivity index (χ2v) is 6.66. The Balaban J connectivity index is 1.95. The number of rotatable bonds is 9. The molecule has 0 aliphatic carbocycles. The van der Waals surface area contributed by atoms with Crippen LogP contribution in [0, 0.1) is 6.92 Å². The standard InChI is InChI=1S/C24H27NO4/c1-17-14-19(27-3)8-10-21(17)23-6-5-7-24(25-23)22-11-9-20(28-4)15-18(22)16-29-13-12-26-2/h5-11,14-15H,12-13,16H2,1-4H3. The smallest absolute Gasteiger partial charge is 0.119 e. The first-order chi connectivity index (χ1) is 14.2. The largest absolute Gasteiger partial charge is 0.497 e. The molecule has 5 nitrogen and oxygen atoms in total. The van der Waals surface area contributed by atoms with Gasteiger partial charge in [-0.05, 0) is 66.6 Å². The number of methoxy groups -OCH3 is 3. The summed E-state index contributed by atoms with van der Waals surface area (Å²) >= 11 is 0. The number of hydrogen-bond acceptors (Lipinski definition) is 5. The Bertz CT molecular complexity index is 955. The lowest BCUT2D eigenvalue weighted by Crippen LogP contribution is -2.03. The van der Waals surface area contributed by atoms with E-state index in [1.165, 1.54) is 0 Å². The first-order valence-corrected chi connectivity index (χ1v) is 9.52. The van der Waals surface area contributed by atoms with E-state index in [2.05, 4.69) is 6.92 Å². The fraction of sp³-hybridized carbons (Fsp3) is 0.292. The van der Waals surface area contributed by atoms with E-state index in [0.29, 0.717) is 19.8 Å². The van der Waals surface area contributed by atoms with Crippen LogP contribution in [0.25, 0.3) is 22.5 Å². The molecule has 0 N–H and O–H groups in total. The molecule has 152 valence electrons. The van der Waals surface area contributed by atoms with Crippen molar-refractivity contribution in [3.05, 3.63) is 65.7 Å². The molecule has 0 bridgehead atoms. The van der Waals surface area contributed by atoms with Crippen LogP contribution < -0.4 is 9.47 Å². The van der Waals surface area contributed by atoms with Crippen molar-refractivity contribution in [3.8, 4) is 34.0 Å². The molecule has 1 aromatic heterocycles. The Morgan fingerprint density at radius 2 is 1.41 bits per heavy atom. The van der Waals surface area contributed by atoms with E-state index < -0.39 is 0 Å². The minimum atomic E-state index is 0.462. The lowest BCUT2D eigenvalue weighted by atomic mass is 10.0. The van der Waals surface area contributed by atoms with Crippen molar-refractivity contribution < 1.29 is 18.9 Å². The summed E-state index contributed by atoms with van der Waals surface area (Å²) < 4.78 is 21.5. The molecule has 0 unspecified atom stereocenters. The summed E-state index contributed by atoms with van der Waals surface area (Å²) in [7, 11) is 5.00. The second kappa shape index (κ2) is 10.0. The molecule has 1 heterocycles. The van der Waals surface area contributed by atoms with E-state index >= 15 is 0 Å². The molecule has 5 heteroatoms. The summed E-state index contributed by atoms with van der Waals surface area (Å²) in [6.07, 6.45) is 0.